The van der Waals surface area contributed by atoms with Crippen LogP contribution in [0.25, 0.3) is 6.08 Å². The van der Waals surface area contributed by atoms with Gasteiger partial charge in [0.05, 0.1) is 4.92 Å². The van der Waals surface area contributed by atoms with Crippen LogP contribution >= 0.6 is 0 Å². The van der Waals surface area contributed by atoms with Gasteiger partial charge in [-0.3, -0.25) is 24.3 Å². The molecule has 1 aromatic heterocycles. The molecule has 0 radical (unpaired) electrons. The number of benzene rings is 1. The van der Waals surface area contributed by atoms with Crippen LogP contribution in [0.1, 0.15) is 5.56 Å². The third-order valence-corrected chi connectivity index (χ3v) is 4.72. The summed E-state index contributed by atoms with van der Waals surface area (Å²) in [6.45, 7) is 1.63. The number of carbonyl (C=O) groups is 1. The predicted molar refractivity (Wildman–Crippen MR) is 106 cm³/mol. The molecule has 1 saturated heterocycles. The second-order valence-corrected chi connectivity index (χ2v) is 6.59. The molecule has 1 aliphatic rings. The summed E-state index contributed by atoms with van der Waals surface area (Å²) in [6, 6.07) is 5.90. The Morgan fingerprint density at radius 2 is 1.72 bits per heavy atom. The summed E-state index contributed by atoms with van der Waals surface area (Å²) < 4.78 is 2.12. The van der Waals surface area contributed by atoms with Crippen molar-refractivity contribution in [2.75, 3.05) is 31.1 Å². The van der Waals surface area contributed by atoms with Crippen molar-refractivity contribution in [1.29, 1.82) is 0 Å². The van der Waals surface area contributed by atoms with E-state index in [0.717, 1.165) is 9.25 Å². The van der Waals surface area contributed by atoms with Gasteiger partial charge < -0.3 is 9.80 Å². The Labute approximate surface area is 165 Å². The van der Waals surface area contributed by atoms with Crippen molar-refractivity contribution in [3.05, 3.63) is 66.9 Å². The number of amides is 1. The van der Waals surface area contributed by atoms with Crippen molar-refractivity contribution in [2.45, 2.75) is 0 Å². The fourth-order valence-electron chi connectivity index (χ4n) is 3.00. The molecule has 0 atom stereocenters. The molecule has 1 aromatic carbocycles. The molecule has 0 N–H and O–H groups in total. The van der Waals surface area contributed by atoms with Crippen molar-refractivity contribution in [3.63, 3.8) is 0 Å². The minimum absolute atomic E-state index is 0.0113. The number of aromatic nitrogens is 3. The summed E-state index contributed by atoms with van der Waals surface area (Å²) in [5.41, 5.74) is -0.293. The Bertz CT molecular complexity index is 1080. The van der Waals surface area contributed by atoms with Crippen LogP contribution in [0.15, 0.2) is 39.9 Å². The minimum Gasteiger partial charge on any atom is -0.347 e. The lowest BCUT2D eigenvalue weighted by molar-refractivity contribution is -0.384. The maximum Gasteiger partial charge on any atom is 0.346 e. The maximum absolute atomic E-state index is 12.4. The van der Waals surface area contributed by atoms with Crippen LogP contribution in [0.2, 0.25) is 0 Å². The van der Waals surface area contributed by atoms with Crippen LogP contribution in [0.3, 0.4) is 0 Å². The number of anilines is 1. The molecule has 1 aliphatic heterocycles. The zero-order chi connectivity index (χ0) is 21.1. The van der Waals surface area contributed by atoms with Crippen molar-refractivity contribution in [3.8, 4) is 0 Å². The van der Waals surface area contributed by atoms with Crippen LogP contribution in [0, 0.1) is 10.1 Å². The largest absolute Gasteiger partial charge is 0.347 e. The zero-order valence-corrected chi connectivity index (χ0v) is 16.0. The van der Waals surface area contributed by atoms with Crippen molar-refractivity contribution >= 4 is 23.5 Å². The molecule has 1 amide bonds. The number of piperazine rings is 1. The van der Waals surface area contributed by atoms with E-state index in [4.69, 9.17) is 0 Å². The molecule has 0 unspecified atom stereocenters. The van der Waals surface area contributed by atoms with Crippen molar-refractivity contribution < 1.29 is 9.72 Å². The van der Waals surface area contributed by atoms with E-state index < -0.39 is 16.2 Å². The lowest BCUT2D eigenvalue weighted by atomic mass is 10.2. The van der Waals surface area contributed by atoms with Gasteiger partial charge in [-0.1, -0.05) is 0 Å². The average molecular weight is 400 g/mol. The van der Waals surface area contributed by atoms with Gasteiger partial charge in [-0.25, -0.2) is 9.48 Å². The highest BCUT2D eigenvalue weighted by molar-refractivity contribution is 5.92. The topological polar surface area (TPSA) is 124 Å². The molecule has 11 heteroatoms. The lowest BCUT2D eigenvalue weighted by Crippen LogP contribution is -2.51. The van der Waals surface area contributed by atoms with Crippen molar-refractivity contribution in [2.24, 2.45) is 14.1 Å². The van der Waals surface area contributed by atoms with Gasteiger partial charge in [-0.2, -0.15) is 0 Å². The number of rotatable bonds is 4. The Morgan fingerprint density at radius 3 is 2.31 bits per heavy atom. The Balaban J connectivity index is 1.63. The van der Waals surface area contributed by atoms with Gasteiger partial charge in [0.25, 0.3) is 11.2 Å². The summed E-state index contributed by atoms with van der Waals surface area (Å²) in [5.74, 6) is -0.00699. The number of non-ortho nitro benzene ring substituents is 1. The van der Waals surface area contributed by atoms with E-state index in [9.17, 15) is 24.5 Å². The molecular formula is C18H20N6O5. The van der Waals surface area contributed by atoms with Gasteiger partial charge in [-0.15, -0.1) is 5.10 Å². The average Bonchev–Trinajstić information content (AvgIpc) is 2.73. The first-order valence-corrected chi connectivity index (χ1v) is 8.88. The van der Waals surface area contributed by atoms with Gasteiger partial charge >= 0.3 is 5.69 Å². The first kappa shape index (κ1) is 20.0. The van der Waals surface area contributed by atoms with Crippen LogP contribution in [0.4, 0.5) is 11.5 Å². The molecule has 1 fully saturated rings. The van der Waals surface area contributed by atoms with Crippen LogP contribution < -0.4 is 16.1 Å². The number of carbonyl (C=O) groups excluding carboxylic acids is 1. The number of aryl methyl sites for hydroxylation is 1. The second-order valence-electron chi connectivity index (χ2n) is 6.59. The molecular weight excluding hydrogens is 380 g/mol. The summed E-state index contributed by atoms with van der Waals surface area (Å²) in [5, 5.41) is 14.7. The highest BCUT2D eigenvalue weighted by Crippen LogP contribution is 2.13. The van der Waals surface area contributed by atoms with Gasteiger partial charge in [-0.05, 0) is 23.8 Å². The smallest absolute Gasteiger partial charge is 0.346 e. The van der Waals surface area contributed by atoms with Crippen LogP contribution in [0.5, 0.6) is 0 Å². The Hall–Kier alpha value is -3.76. The monoisotopic (exact) mass is 400 g/mol. The molecule has 0 aliphatic carbocycles. The molecule has 0 saturated carbocycles. The van der Waals surface area contributed by atoms with Gasteiger partial charge in [0, 0.05) is 58.5 Å². The third kappa shape index (κ3) is 4.23. The zero-order valence-electron chi connectivity index (χ0n) is 16.0. The molecule has 152 valence electrons. The summed E-state index contributed by atoms with van der Waals surface area (Å²) in [4.78, 5) is 50.0. The van der Waals surface area contributed by atoms with Crippen molar-refractivity contribution in [1.82, 2.24) is 19.2 Å². The van der Waals surface area contributed by atoms with E-state index in [1.165, 1.54) is 32.3 Å². The van der Waals surface area contributed by atoms with E-state index in [0.29, 0.717) is 31.7 Å². The fraction of sp³-hybridized carbons (Fsp3) is 0.333. The number of hydrogen-bond acceptors (Lipinski definition) is 7. The Morgan fingerprint density at radius 1 is 1.10 bits per heavy atom. The molecule has 3 rings (SSSR count). The van der Waals surface area contributed by atoms with Crippen LogP contribution in [-0.2, 0) is 18.9 Å². The van der Waals surface area contributed by atoms with Gasteiger partial charge in [0.2, 0.25) is 11.7 Å². The first-order valence-electron chi connectivity index (χ1n) is 8.88. The number of nitro groups is 1. The highest BCUT2D eigenvalue weighted by Gasteiger charge is 2.23. The van der Waals surface area contributed by atoms with E-state index in [2.05, 4.69) is 5.10 Å². The van der Waals surface area contributed by atoms with Gasteiger partial charge in [0.15, 0.2) is 0 Å². The molecule has 2 heterocycles. The maximum atomic E-state index is 12.4. The lowest BCUT2D eigenvalue weighted by Gasteiger charge is -2.34. The highest BCUT2D eigenvalue weighted by atomic mass is 16.6. The fourth-order valence-corrected chi connectivity index (χ4v) is 3.00. The standard InChI is InChI=1S/C18H20N6O5/c1-20-17(26)16(19-21(2)18(20)27)23-11-9-22(10-12-23)15(25)8-5-13-3-6-14(7-4-13)24(28)29/h3-8H,9-12H2,1-2H3/b8-5+. The Kier molecular flexibility index (Phi) is 5.57. The SMILES string of the molecule is Cn1nc(N2CCN(C(=O)/C=C/c3ccc([N+](=O)[O-])cc3)CC2)c(=O)n(C)c1=O. The van der Waals surface area contributed by atoms with E-state index in [-0.39, 0.29) is 17.4 Å². The third-order valence-electron chi connectivity index (χ3n) is 4.72. The summed E-state index contributed by atoms with van der Waals surface area (Å²) in [7, 11) is 2.88. The van der Waals surface area contributed by atoms with Crippen LogP contribution in [-0.4, -0.2) is 56.3 Å². The van der Waals surface area contributed by atoms with E-state index >= 15 is 0 Å². The van der Waals surface area contributed by atoms with E-state index in [1.807, 2.05) is 0 Å². The first-order chi connectivity index (χ1) is 13.8. The number of nitrogens with zero attached hydrogens (tertiary/aromatic N) is 6. The normalized spacial score (nSPS) is 14.4. The molecule has 11 nitrogen and oxygen atoms in total. The second kappa shape index (κ2) is 8.09. The minimum atomic E-state index is -0.496. The molecule has 2 aromatic rings. The summed E-state index contributed by atoms with van der Waals surface area (Å²) in [6.07, 6.45) is 3.02. The van der Waals surface area contributed by atoms with E-state index in [1.54, 1.807) is 28.0 Å². The molecule has 29 heavy (non-hydrogen) atoms. The number of nitro benzene ring substituents is 1. The van der Waals surface area contributed by atoms with Gasteiger partial charge in [0.1, 0.15) is 0 Å². The molecule has 0 bridgehead atoms. The molecule has 0 spiro atoms. The summed E-state index contributed by atoms with van der Waals surface area (Å²) >= 11 is 0. The predicted octanol–water partition coefficient (Wildman–Crippen LogP) is -0.251. The number of hydrogen-bond donors (Lipinski definition) is 0. The quantitative estimate of drug-likeness (QED) is 0.394.